The number of halogens is 3. The minimum absolute atomic E-state index is 0.0598. The van der Waals surface area contributed by atoms with Crippen molar-refractivity contribution in [3.63, 3.8) is 0 Å². The minimum atomic E-state index is -4.32. The van der Waals surface area contributed by atoms with E-state index in [0.29, 0.717) is 37.6 Å². The van der Waals surface area contributed by atoms with Gasteiger partial charge in [0.25, 0.3) is 0 Å². The first kappa shape index (κ1) is 21.4. The lowest BCUT2D eigenvalue weighted by Gasteiger charge is -2.58. The molecule has 4 bridgehead atoms. The molecule has 3 atom stereocenters. The maximum absolute atomic E-state index is 13.6. The topological polar surface area (TPSA) is 94.5 Å². The second-order valence-electron chi connectivity index (χ2n) is 10.3. The molecule has 4 saturated carbocycles. The number of alkyl halides is 3. The fraction of sp³-hybridized carbons (Fsp3) is 0.857. The quantitative estimate of drug-likeness (QED) is 0.313. The molecule has 0 spiro atoms. The Morgan fingerprint density at radius 1 is 1.23 bits per heavy atom. The molecule has 1 amide bonds. The average Bonchev–Trinajstić information content (AvgIpc) is 3.14. The van der Waals surface area contributed by atoms with Crippen molar-refractivity contribution in [2.75, 3.05) is 6.54 Å². The molecule has 30 heavy (non-hydrogen) atoms. The Bertz CT molecular complexity index is 770. The predicted octanol–water partition coefficient (Wildman–Crippen LogP) is 2.94. The molecular formula is C21H30F3N5O. The van der Waals surface area contributed by atoms with Crippen molar-refractivity contribution in [1.82, 2.24) is 10.2 Å². The predicted molar refractivity (Wildman–Crippen MR) is 105 cm³/mol. The highest BCUT2D eigenvalue weighted by Crippen LogP contribution is 2.60. The summed E-state index contributed by atoms with van der Waals surface area (Å²) >= 11 is 0. The van der Waals surface area contributed by atoms with E-state index in [9.17, 15) is 23.2 Å². The summed E-state index contributed by atoms with van der Waals surface area (Å²) in [6.07, 6.45) is 2.26. The summed E-state index contributed by atoms with van der Waals surface area (Å²) in [4.78, 5) is 18.5. The number of hydrogen-bond acceptors (Lipinski definition) is 4. The van der Waals surface area contributed by atoms with Crippen LogP contribution in [0.15, 0.2) is 4.99 Å². The molecule has 3 unspecified atom stereocenters. The largest absolute Gasteiger partial charge is 0.404 e. The van der Waals surface area contributed by atoms with Crippen molar-refractivity contribution in [3.05, 3.63) is 0 Å². The molecule has 0 aromatic carbocycles. The van der Waals surface area contributed by atoms with Crippen molar-refractivity contribution in [2.45, 2.75) is 82.6 Å². The molecule has 5 fully saturated rings. The molecule has 0 aromatic rings. The van der Waals surface area contributed by atoms with E-state index in [-0.39, 0.29) is 30.2 Å². The number of hydrogen-bond donors (Lipinski definition) is 2. The lowest BCUT2D eigenvalue weighted by Crippen LogP contribution is -2.61. The Kier molecular flexibility index (Phi) is 5.08. The third-order valence-electron chi connectivity index (χ3n) is 8.13. The first-order valence-corrected chi connectivity index (χ1v) is 10.8. The maximum Gasteiger partial charge on any atom is 0.404 e. The Morgan fingerprint density at radius 2 is 1.87 bits per heavy atom. The Balaban J connectivity index is 1.64. The Labute approximate surface area is 175 Å². The maximum atomic E-state index is 13.6. The molecule has 3 N–H and O–H groups in total. The van der Waals surface area contributed by atoms with Gasteiger partial charge in [-0.1, -0.05) is 0 Å². The monoisotopic (exact) mass is 425 g/mol. The number of amides is 1. The third kappa shape index (κ3) is 3.37. The van der Waals surface area contributed by atoms with Gasteiger partial charge in [0.05, 0.1) is 11.6 Å². The van der Waals surface area contributed by atoms with Crippen molar-refractivity contribution in [3.8, 4) is 6.19 Å². The van der Waals surface area contributed by atoms with Crippen LogP contribution in [0.3, 0.4) is 0 Å². The molecular weight excluding hydrogens is 395 g/mol. The number of nitrogens with two attached hydrogens (primary N) is 1. The highest BCUT2D eigenvalue weighted by atomic mass is 19.4. The Morgan fingerprint density at radius 3 is 2.40 bits per heavy atom. The molecule has 9 heteroatoms. The molecule has 1 heterocycles. The van der Waals surface area contributed by atoms with E-state index in [1.165, 1.54) is 4.90 Å². The van der Waals surface area contributed by atoms with Gasteiger partial charge in [0.2, 0.25) is 5.91 Å². The number of nitriles is 1. The van der Waals surface area contributed by atoms with Gasteiger partial charge in [-0.25, -0.2) is 0 Å². The lowest BCUT2D eigenvalue weighted by molar-refractivity contribution is -0.183. The number of rotatable bonds is 4. The minimum Gasteiger partial charge on any atom is -0.369 e. The number of amidine groups is 1. The van der Waals surface area contributed by atoms with Crippen LogP contribution in [0.25, 0.3) is 0 Å². The van der Waals surface area contributed by atoms with Crippen LogP contribution in [-0.2, 0) is 4.79 Å². The van der Waals surface area contributed by atoms with Gasteiger partial charge in [-0.2, -0.15) is 18.4 Å². The van der Waals surface area contributed by atoms with Crippen LogP contribution in [0.1, 0.15) is 58.8 Å². The van der Waals surface area contributed by atoms with Crippen LogP contribution in [-0.4, -0.2) is 47.0 Å². The second-order valence-corrected chi connectivity index (χ2v) is 10.3. The van der Waals surface area contributed by atoms with E-state index in [4.69, 9.17) is 10.7 Å². The van der Waals surface area contributed by atoms with Crippen LogP contribution in [0.2, 0.25) is 0 Å². The van der Waals surface area contributed by atoms with Gasteiger partial charge in [-0.3, -0.25) is 20.0 Å². The molecule has 1 saturated heterocycles. The molecule has 1 aliphatic heterocycles. The van der Waals surface area contributed by atoms with Gasteiger partial charge in [0, 0.05) is 5.41 Å². The van der Waals surface area contributed by atoms with Gasteiger partial charge in [0.1, 0.15) is 11.9 Å². The standard InChI is InChI=1S/C21H30F3N5O/c1-19(2,29-5-3-4-15(29)21(22,23)24)18(27-11-25)28-16-13-6-12-7-14(16)10-20(8-12,9-13)17(26)30/h12-16H,3-10H2,1-2H3,(H2,26,30)(H,27,28). The number of carbonyl (C=O) groups is 1. The third-order valence-corrected chi connectivity index (χ3v) is 8.13. The lowest BCUT2D eigenvalue weighted by atomic mass is 9.48. The summed E-state index contributed by atoms with van der Waals surface area (Å²) in [7, 11) is 0. The van der Waals surface area contributed by atoms with Crippen molar-refractivity contribution >= 4 is 11.7 Å². The molecule has 0 radical (unpaired) electrons. The first-order valence-electron chi connectivity index (χ1n) is 10.8. The van der Waals surface area contributed by atoms with E-state index in [0.717, 1.165) is 19.3 Å². The van der Waals surface area contributed by atoms with E-state index in [2.05, 4.69) is 5.32 Å². The van der Waals surface area contributed by atoms with Crippen LogP contribution in [0.5, 0.6) is 0 Å². The molecule has 5 aliphatic rings. The number of aliphatic imine (C=N–C) groups is 1. The molecule has 166 valence electrons. The summed E-state index contributed by atoms with van der Waals surface area (Å²) in [5, 5.41) is 11.9. The highest BCUT2D eigenvalue weighted by Gasteiger charge is 2.58. The number of nitrogens with zero attached hydrogens (tertiary/aromatic N) is 3. The van der Waals surface area contributed by atoms with Crippen LogP contribution >= 0.6 is 0 Å². The molecule has 4 aliphatic carbocycles. The van der Waals surface area contributed by atoms with Gasteiger partial charge in [0.15, 0.2) is 6.19 Å². The van der Waals surface area contributed by atoms with E-state index < -0.39 is 23.2 Å². The van der Waals surface area contributed by atoms with E-state index in [1.807, 2.05) is 6.19 Å². The summed E-state index contributed by atoms with van der Waals surface area (Å²) < 4.78 is 40.8. The summed E-state index contributed by atoms with van der Waals surface area (Å²) in [5.74, 6) is 0.908. The van der Waals surface area contributed by atoms with Crippen molar-refractivity contribution in [1.29, 1.82) is 5.26 Å². The van der Waals surface area contributed by atoms with Gasteiger partial charge >= 0.3 is 6.18 Å². The first-order chi connectivity index (χ1) is 14.0. The molecule has 0 aromatic heterocycles. The van der Waals surface area contributed by atoms with Crippen LogP contribution < -0.4 is 11.1 Å². The van der Waals surface area contributed by atoms with Crippen LogP contribution in [0, 0.1) is 34.6 Å². The zero-order chi connectivity index (χ0) is 21.9. The molecule has 6 nitrogen and oxygen atoms in total. The Hall–Kier alpha value is -1.82. The fourth-order valence-corrected chi connectivity index (χ4v) is 6.97. The van der Waals surface area contributed by atoms with E-state index in [1.54, 1.807) is 13.8 Å². The van der Waals surface area contributed by atoms with Crippen molar-refractivity contribution in [2.24, 2.45) is 33.9 Å². The highest BCUT2D eigenvalue weighted by molar-refractivity contribution is 5.92. The second kappa shape index (κ2) is 7.11. The normalized spacial score (nSPS) is 39.2. The smallest absolute Gasteiger partial charge is 0.369 e. The summed E-state index contributed by atoms with van der Waals surface area (Å²) in [6.45, 7) is 3.73. The van der Waals surface area contributed by atoms with Gasteiger partial charge in [-0.05, 0) is 83.1 Å². The van der Waals surface area contributed by atoms with Crippen molar-refractivity contribution < 1.29 is 18.0 Å². The SMILES string of the molecule is CC(C)(C(=NC1C2CC3CC1CC(C(N)=O)(C3)C2)NC#N)N1CCCC1C(F)(F)F. The summed E-state index contributed by atoms with van der Waals surface area (Å²) in [5.41, 5.74) is 4.25. The van der Waals surface area contributed by atoms with E-state index >= 15 is 0 Å². The number of primary amides is 1. The number of likely N-dealkylation sites (tertiary alicyclic amines) is 1. The average molecular weight is 425 g/mol. The van der Waals surface area contributed by atoms with Gasteiger partial charge in [-0.15, -0.1) is 0 Å². The number of nitrogens with one attached hydrogen (secondary N) is 1. The number of carbonyl (C=O) groups excluding carboxylic acids is 1. The fourth-order valence-electron chi connectivity index (χ4n) is 6.97. The molecule has 5 rings (SSSR count). The summed E-state index contributed by atoms with van der Waals surface area (Å²) in [6, 6.07) is -1.62. The zero-order valence-electron chi connectivity index (χ0n) is 17.5. The zero-order valence-corrected chi connectivity index (χ0v) is 17.5. The van der Waals surface area contributed by atoms with Gasteiger partial charge < -0.3 is 5.73 Å². The van der Waals surface area contributed by atoms with Crippen LogP contribution in [0.4, 0.5) is 13.2 Å².